The Kier molecular flexibility index (Phi) is 3.59. The van der Waals surface area contributed by atoms with Crippen molar-refractivity contribution in [1.29, 1.82) is 0 Å². The molecule has 0 saturated heterocycles. The van der Waals surface area contributed by atoms with Crippen LogP contribution in [0.15, 0.2) is 41.5 Å². The van der Waals surface area contributed by atoms with Gasteiger partial charge < -0.3 is 4.57 Å². The zero-order chi connectivity index (χ0) is 20.2. The second-order valence-corrected chi connectivity index (χ2v) is 8.14. The summed E-state index contributed by atoms with van der Waals surface area (Å²) in [5.74, 6) is 0. The number of aromatic amines is 2. The van der Waals surface area contributed by atoms with Crippen molar-refractivity contribution in [2.45, 2.75) is 13.0 Å². The topological polar surface area (TPSA) is 123 Å². The molecule has 0 aliphatic carbocycles. The zero-order valence-corrected chi connectivity index (χ0v) is 16.6. The number of nitrogens with zero attached hydrogens (tertiary/aromatic N) is 7. The number of fused-ring (bicyclic) bond motifs is 4. The van der Waals surface area contributed by atoms with Gasteiger partial charge in [0.25, 0.3) is 5.56 Å². The SMILES string of the molecule is Cn1c2nc(Cc3ccn[nH]3)sc2c2cnn(Cc3cccc4n[nH]nc34)c(=O)c21. The molecule has 5 heterocycles. The Labute approximate surface area is 172 Å². The molecule has 0 bridgehead atoms. The fourth-order valence-electron chi connectivity index (χ4n) is 3.78. The lowest BCUT2D eigenvalue weighted by atomic mass is 10.2. The Bertz CT molecular complexity index is 1590. The number of nitrogens with one attached hydrogen (secondary N) is 2. The van der Waals surface area contributed by atoms with Gasteiger partial charge in [-0.25, -0.2) is 9.67 Å². The van der Waals surface area contributed by atoms with Crippen LogP contribution in [0, 0.1) is 0 Å². The number of aromatic nitrogens is 9. The molecule has 11 heteroatoms. The number of benzene rings is 1. The summed E-state index contributed by atoms with van der Waals surface area (Å²) in [6.07, 6.45) is 4.15. The van der Waals surface area contributed by atoms with Crippen LogP contribution in [0.5, 0.6) is 0 Å². The van der Waals surface area contributed by atoms with Crippen molar-refractivity contribution < 1.29 is 0 Å². The van der Waals surface area contributed by atoms with E-state index < -0.39 is 0 Å². The molecule has 0 aliphatic heterocycles. The molecule has 2 N–H and O–H groups in total. The highest BCUT2D eigenvalue weighted by Crippen LogP contribution is 2.31. The van der Waals surface area contributed by atoms with E-state index in [1.807, 2.05) is 35.9 Å². The van der Waals surface area contributed by atoms with E-state index in [0.29, 0.717) is 18.5 Å². The molecule has 0 aliphatic rings. The molecule has 6 aromatic rings. The van der Waals surface area contributed by atoms with Crippen molar-refractivity contribution in [3.8, 4) is 0 Å². The van der Waals surface area contributed by atoms with Crippen molar-refractivity contribution >= 4 is 43.6 Å². The second-order valence-electron chi connectivity index (χ2n) is 7.06. The van der Waals surface area contributed by atoms with Crippen LogP contribution in [0.25, 0.3) is 32.3 Å². The lowest BCUT2D eigenvalue weighted by Crippen LogP contribution is -2.24. The van der Waals surface area contributed by atoms with Crippen molar-refractivity contribution in [3.63, 3.8) is 0 Å². The van der Waals surface area contributed by atoms with Gasteiger partial charge in [-0.1, -0.05) is 12.1 Å². The molecule has 0 radical (unpaired) electrons. The zero-order valence-electron chi connectivity index (χ0n) is 15.8. The van der Waals surface area contributed by atoms with E-state index in [1.165, 1.54) is 4.68 Å². The Morgan fingerprint density at radius 3 is 3.00 bits per heavy atom. The third kappa shape index (κ3) is 2.48. The highest BCUT2D eigenvalue weighted by molar-refractivity contribution is 7.19. The maximum absolute atomic E-state index is 13.2. The van der Waals surface area contributed by atoms with Crippen LogP contribution < -0.4 is 5.56 Å². The van der Waals surface area contributed by atoms with Crippen LogP contribution >= 0.6 is 11.3 Å². The molecule has 0 amide bonds. The van der Waals surface area contributed by atoms with Gasteiger partial charge in [-0.15, -0.1) is 11.3 Å². The second kappa shape index (κ2) is 6.32. The first-order valence-corrected chi connectivity index (χ1v) is 10.1. The highest BCUT2D eigenvalue weighted by atomic mass is 32.1. The number of hydrogen-bond acceptors (Lipinski definition) is 7. The Morgan fingerprint density at radius 1 is 1.20 bits per heavy atom. The van der Waals surface area contributed by atoms with E-state index in [1.54, 1.807) is 23.7 Å². The molecule has 0 atom stereocenters. The minimum absolute atomic E-state index is 0.157. The van der Waals surface area contributed by atoms with E-state index in [2.05, 4.69) is 30.7 Å². The molecule has 0 saturated carbocycles. The van der Waals surface area contributed by atoms with Gasteiger partial charge in [0.2, 0.25) is 0 Å². The summed E-state index contributed by atoms with van der Waals surface area (Å²) in [6, 6.07) is 7.63. The van der Waals surface area contributed by atoms with E-state index in [9.17, 15) is 4.79 Å². The fourth-order valence-corrected chi connectivity index (χ4v) is 4.91. The molecule has 0 spiro atoms. The summed E-state index contributed by atoms with van der Waals surface area (Å²) in [5.41, 5.74) is 4.61. The predicted octanol–water partition coefficient (Wildman–Crippen LogP) is 1.98. The van der Waals surface area contributed by atoms with Crippen molar-refractivity contribution in [2.24, 2.45) is 7.05 Å². The first kappa shape index (κ1) is 17.0. The minimum Gasteiger partial charge on any atom is -0.323 e. The number of rotatable bonds is 4. The standard InChI is InChI=1S/C19H15N9OS/c1-27-16-12(17-18(27)22-14(30-17)7-11-5-6-20-23-11)8-21-28(19(16)29)9-10-3-2-4-13-15(10)25-26-24-13/h2-6,8H,7,9H2,1H3,(H,20,23)(H,24,25,26). The van der Waals surface area contributed by atoms with Gasteiger partial charge in [-0.3, -0.25) is 9.89 Å². The quantitative estimate of drug-likeness (QED) is 0.452. The molecule has 0 fully saturated rings. The number of thiazole rings is 1. The van der Waals surface area contributed by atoms with Gasteiger partial charge in [-0.2, -0.15) is 25.6 Å². The Morgan fingerprint density at radius 2 is 2.13 bits per heavy atom. The maximum Gasteiger partial charge on any atom is 0.291 e. The molecule has 30 heavy (non-hydrogen) atoms. The highest BCUT2D eigenvalue weighted by Gasteiger charge is 2.19. The summed E-state index contributed by atoms with van der Waals surface area (Å²) in [7, 11) is 1.87. The van der Waals surface area contributed by atoms with Crippen LogP contribution in [-0.2, 0) is 20.0 Å². The molecule has 5 aromatic heterocycles. The van der Waals surface area contributed by atoms with Gasteiger partial charge in [0.15, 0.2) is 5.65 Å². The number of hydrogen-bond donors (Lipinski definition) is 2. The molecule has 148 valence electrons. The van der Waals surface area contributed by atoms with Gasteiger partial charge >= 0.3 is 0 Å². The molecule has 10 nitrogen and oxygen atoms in total. The number of aryl methyl sites for hydroxylation is 1. The normalized spacial score (nSPS) is 11.9. The Balaban J connectivity index is 1.45. The van der Waals surface area contributed by atoms with Crippen LogP contribution in [0.4, 0.5) is 0 Å². The monoisotopic (exact) mass is 417 g/mol. The minimum atomic E-state index is -0.157. The average Bonchev–Trinajstić information content (AvgIpc) is 3.52. The summed E-state index contributed by atoms with van der Waals surface area (Å²) in [5, 5.41) is 24.1. The van der Waals surface area contributed by atoms with E-state index in [4.69, 9.17) is 4.98 Å². The largest absolute Gasteiger partial charge is 0.323 e. The van der Waals surface area contributed by atoms with Gasteiger partial charge in [-0.05, 0) is 12.1 Å². The summed E-state index contributed by atoms with van der Waals surface area (Å²) < 4.78 is 4.28. The molecule has 0 unspecified atom stereocenters. The van der Waals surface area contributed by atoms with Crippen molar-refractivity contribution in [2.75, 3.05) is 0 Å². The predicted molar refractivity (Wildman–Crippen MR) is 113 cm³/mol. The lowest BCUT2D eigenvalue weighted by molar-refractivity contribution is 0.646. The maximum atomic E-state index is 13.2. The molecule has 6 rings (SSSR count). The van der Waals surface area contributed by atoms with Crippen LogP contribution in [0.3, 0.4) is 0 Å². The molecule has 1 aromatic carbocycles. The van der Waals surface area contributed by atoms with Crippen molar-refractivity contribution in [3.05, 3.63) is 63.3 Å². The van der Waals surface area contributed by atoms with Crippen molar-refractivity contribution in [1.82, 2.24) is 44.9 Å². The van der Waals surface area contributed by atoms with E-state index in [-0.39, 0.29) is 5.56 Å². The summed E-state index contributed by atoms with van der Waals surface area (Å²) in [6.45, 7) is 0.315. The van der Waals surface area contributed by atoms with Gasteiger partial charge in [0.1, 0.15) is 21.6 Å². The first-order valence-electron chi connectivity index (χ1n) is 9.29. The fraction of sp³-hybridized carbons (Fsp3) is 0.158. The Hall–Kier alpha value is -3.86. The number of para-hydroxylation sites is 1. The summed E-state index contributed by atoms with van der Waals surface area (Å²) >= 11 is 1.58. The molecular weight excluding hydrogens is 402 g/mol. The third-order valence-electron chi connectivity index (χ3n) is 5.22. The van der Waals surface area contributed by atoms with Gasteiger partial charge in [0, 0.05) is 36.3 Å². The van der Waals surface area contributed by atoms with E-state index >= 15 is 0 Å². The van der Waals surface area contributed by atoms with Gasteiger partial charge in [0.05, 0.1) is 17.4 Å². The first-order chi connectivity index (χ1) is 14.7. The van der Waals surface area contributed by atoms with Crippen LogP contribution in [0.2, 0.25) is 0 Å². The van der Waals surface area contributed by atoms with E-state index in [0.717, 1.165) is 43.0 Å². The lowest BCUT2D eigenvalue weighted by Gasteiger charge is -2.06. The third-order valence-corrected chi connectivity index (χ3v) is 6.30. The summed E-state index contributed by atoms with van der Waals surface area (Å²) in [4.78, 5) is 18.0. The smallest absolute Gasteiger partial charge is 0.291 e. The van der Waals surface area contributed by atoms with Crippen LogP contribution in [-0.4, -0.2) is 44.9 Å². The average molecular weight is 417 g/mol. The number of H-pyrrole nitrogens is 2. The molecular formula is C19H15N9OS. The van der Waals surface area contributed by atoms with Crippen LogP contribution in [0.1, 0.15) is 16.3 Å².